The van der Waals surface area contributed by atoms with Gasteiger partial charge in [0.15, 0.2) is 5.84 Å². The van der Waals surface area contributed by atoms with Crippen LogP contribution in [0, 0.1) is 12.7 Å². The van der Waals surface area contributed by atoms with E-state index in [9.17, 15) is 4.39 Å². The molecule has 0 aliphatic rings. The lowest BCUT2D eigenvalue weighted by atomic mass is 10.1. The number of rotatable bonds is 4. The Morgan fingerprint density at radius 1 is 1.33 bits per heavy atom. The quantitative estimate of drug-likeness (QED) is 0.393. The number of hydrogen-bond donors (Lipinski definition) is 2. The summed E-state index contributed by atoms with van der Waals surface area (Å²) in [6, 6.07) is 9.36. The summed E-state index contributed by atoms with van der Waals surface area (Å²) in [6.07, 6.45) is 0. The number of hydrogen-bond acceptors (Lipinski definition) is 3. The van der Waals surface area contributed by atoms with E-state index >= 15 is 0 Å². The minimum absolute atomic E-state index is 0.0686. The molecular formula is C15H14ClFN2O2. The second-order valence-electron chi connectivity index (χ2n) is 4.49. The average molecular weight is 309 g/mol. The van der Waals surface area contributed by atoms with Crippen LogP contribution in [0.5, 0.6) is 5.75 Å². The second-order valence-corrected chi connectivity index (χ2v) is 4.89. The van der Waals surface area contributed by atoms with Gasteiger partial charge >= 0.3 is 0 Å². The highest BCUT2D eigenvalue weighted by atomic mass is 35.5. The van der Waals surface area contributed by atoms with E-state index in [0.717, 1.165) is 11.1 Å². The highest BCUT2D eigenvalue weighted by molar-refractivity contribution is 6.34. The van der Waals surface area contributed by atoms with Crippen molar-refractivity contribution in [1.82, 2.24) is 0 Å². The molecule has 0 bridgehead atoms. The second kappa shape index (κ2) is 6.45. The van der Waals surface area contributed by atoms with Gasteiger partial charge < -0.3 is 15.7 Å². The maximum Gasteiger partial charge on any atom is 0.171 e. The van der Waals surface area contributed by atoms with E-state index in [1.807, 2.05) is 6.92 Å². The van der Waals surface area contributed by atoms with E-state index in [1.54, 1.807) is 24.3 Å². The third-order valence-electron chi connectivity index (χ3n) is 3.02. The van der Waals surface area contributed by atoms with Crippen LogP contribution in [0.25, 0.3) is 0 Å². The summed E-state index contributed by atoms with van der Waals surface area (Å²) in [6.45, 7) is 2.11. The van der Waals surface area contributed by atoms with E-state index in [-0.39, 0.29) is 11.7 Å². The molecule has 0 aromatic heterocycles. The Morgan fingerprint density at radius 2 is 2.10 bits per heavy atom. The Labute approximate surface area is 126 Å². The molecule has 2 rings (SSSR count). The topological polar surface area (TPSA) is 67.8 Å². The zero-order valence-corrected chi connectivity index (χ0v) is 12.1. The van der Waals surface area contributed by atoms with Gasteiger partial charge in [-0.2, -0.15) is 0 Å². The summed E-state index contributed by atoms with van der Waals surface area (Å²) in [7, 11) is 0. The first-order chi connectivity index (χ1) is 10.0. The number of nitrogens with two attached hydrogens (primary N) is 1. The molecule has 0 radical (unpaired) electrons. The molecule has 0 saturated carbocycles. The SMILES string of the molecule is Cc1cc(F)ccc1COc1ccc(/C(N)=N/O)c(Cl)c1. The lowest BCUT2D eigenvalue weighted by Crippen LogP contribution is -2.13. The first-order valence-electron chi connectivity index (χ1n) is 6.16. The molecule has 2 aromatic carbocycles. The van der Waals surface area contributed by atoms with Crippen LogP contribution in [-0.2, 0) is 6.61 Å². The molecule has 0 atom stereocenters. The fraction of sp³-hybridized carbons (Fsp3) is 0.133. The summed E-state index contributed by atoms with van der Waals surface area (Å²) < 4.78 is 18.6. The van der Waals surface area contributed by atoms with E-state index in [0.29, 0.717) is 22.9 Å². The van der Waals surface area contributed by atoms with Crippen LogP contribution in [0.4, 0.5) is 4.39 Å². The van der Waals surface area contributed by atoms with E-state index in [4.69, 9.17) is 27.3 Å². The summed E-state index contributed by atoms with van der Waals surface area (Å²) in [5.74, 6) is 0.196. The van der Waals surface area contributed by atoms with Gasteiger partial charge in [0.1, 0.15) is 18.2 Å². The lowest BCUT2D eigenvalue weighted by molar-refractivity contribution is 0.305. The van der Waals surface area contributed by atoms with Crippen LogP contribution in [0.1, 0.15) is 16.7 Å². The predicted molar refractivity (Wildman–Crippen MR) is 79.4 cm³/mol. The Bertz CT molecular complexity index is 689. The van der Waals surface area contributed by atoms with Crippen molar-refractivity contribution in [3.8, 4) is 5.75 Å². The molecule has 2 aromatic rings. The van der Waals surface area contributed by atoms with Crippen LogP contribution in [0.3, 0.4) is 0 Å². The van der Waals surface area contributed by atoms with Crippen molar-refractivity contribution in [2.24, 2.45) is 10.9 Å². The summed E-state index contributed by atoms with van der Waals surface area (Å²) in [5, 5.41) is 11.8. The molecule has 6 heteroatoms. The third-order valence-corrected chi connectivity index (χ3v) is 3.34. The molecule has 0 unspecified atom stereocenters. The Kier molecular flexibility index (Phi) is 4.65. The smallest absolute Gasteiger partial charge is 0.171 e. The van der Waals surface area contributed by atoms with Crippen molar-refractivity contribution in [2.45, 2.75) is 13.5 Å². The van der Waals surface area contributed by atoms with Gasteiger partial charge in [-0.1, -0.05) is 22.8 Å². The van der Waals surface area contributed by atoms with Crippen LogP contribution in [0.2, 0.25) is 5.02 Å². The van der Waals surface area contributed by atoms with E-state index in [2.05, 4.69) is 5.16 Å². The zero-order valence-electron chi connectivity index (χ0n) is 11.3. The van der Waals surface area contributed by atoms with Crippen molar-refractivity contribution in [3.05, 3.63) is 63.9 Å². The van der Waals surface area contributed by atoms with Gasteiger partial charge in [0.05, 0.1) is 5.02 Å². The van der Waals surface area contributed by atoms with Crippen molar-refractivity contribution < 1.29 is 14.3 Å². The van der Waals surface area contributed by atoms with Gasteiger partial charge in [-0.05, 0) is 48.4 Å². The van der Waals surface area contributed by atoms with Crippen LogP contribution < -0.4 is 10.5 Å². The number of halogens is 2. The number of aryl methyl sites for hydroxylation is 1. The van der Waals surface area contributed by atoms with Crippen molar-refractivity contribution in [2.75, 3.05) is 0 Å². The van der Waals surface area contributed by atoms with Crippen LogP contribution in [-0.4, -0.2) is 11.0 Å². The molecular weight excluding hydrogens is 295 g/mol. The first kappa shape index (κ1) is 15.1. The first-order valence-corrected chi connectivity index (χ1v) is 6.54. The molecule has 0 aliphatic heterocycles. The Morgan fingerprint density at radius 3 is 2.71 bits per heavy atom. The van der Waals surface area contributed by atoms with Crippen LogP contribution >= 0.6 is 11.6 Å². The summed E-state index contributed by atoms with van der Waals surface area (Å²) in [4.78, 5) is 0. The summed E-state index contributed by atoms with van der Waals surface area (Å²) >= 11 is 6.04. The van der Waals surface area contributed by atoms with Gasteiger partial charge in [0, 0.05) is 5.56 Å². The normalized spacial score (nSPS) is 11.5. The predicted octanol–water partition coefficient (Wildman–Crippen LogP) is 3.46. The number of benzene rings is 2. The van der Waals surface area contributed by atoms with E-state index in [1.165, 1.54) is 12.1 Å². The van der Waals surface area contributed by atoms with Gasteiger partial charge in [0.25, 0.3) is 0 Å². The largest absolute Gasteiger partial charge is 0.489 e. The molecule has 0 spiro atoms. The highest BCUT2D eigenvalue weighted by Gasteiger charge is 2.08. The molecule has 3 N–H and O–H groups in total. The summed E-state index contributed by atoms with van der Waals surface area (Å²) in [5.41, 5.74) is 7.60. The number of amidine groups is 1. The maximum atomic E-state index is 13.0. The average Bonchev–Trinajstić information content (AvgIpc) is 2.45. The maximum absolute atomic E-state index is 13.0. The molecule has 110 valence electrons. The molecule has 4 nitrogen and oxygen atoms in total. The van der Waals surface area contributed by atoms with Crippen LogP contribution in [0.15, 0.2) is 41.6 Å². The van der Waals surface area contributed by atoms with Gasteiger partial charge in [-0.25, -0.2) is 4.39 Å². The van der Waals surface area contributed by atoms with Crippen molar-refractivity contribution in [1.29, 1.82) is 0 Å². The number of oxime groups is 1. The molecule has 0 saturated heterocycles. The fourth-order valence-corrected chi connectivity index (χ4v) is 2.10. The van der Waals surface area contributed by atoms with Crippen molar-refractivity contribution in [3.63, 3.8) is 0 Å². The van der Waals surface area contributed by atoms with Crippen molar-refractivity contribution >= 4 is 17.4 Å². The Balaban J connectivity index is 2.12. The molecule has 0 amide bonds. The third kappa shape index (κ3) is 3.64. The monoisotopic (exact) mass is 308 g/mol. The zero-order chi connectivity index (χ0) is 15.4. The number of ether oxygens (including phenoxy) is 1. The lowest BCUT2D eigenvalue weighted by Gasteiger charge is -2.10. The molecule has 0 fully saturated rings. The van der Waals surface area contributed by atoms with Gasteiger partial charge in [-0.3, -0.25) is 0 Å². The molecule has 0 heterocycles. The van der Waals surface area contributed by atoms with Gasteiger partial charge in [-0.15, -0.1) is 0 Å². The minimum Gasteiger partial charge on any atom is -0.489 e. The van der Waals surface area contributed by atoms with E-state index < -0.39 is 0 Å². The van der Waals surface area contributed by atoms with Gasteiger partial charge in [0.2, 0.25) is 0 Å². The number of nitrogens with zero attached hydrogens (tertiary/aromatic N) is 1. The Hall–Kier alpha value is -2.27. The molecule has 0 aliphatic carbocycles. The fourth-order valence-electron chi connectivity index (χ4n) is 1.83. The standard InChI is InChI=1S/C15H14ClFN2O2/c1-9-6-11(17)3-2-10(9)8-21-12-4-5-13(14(16)7-12)15(18)19-20/h2-7,20H,8H2,1H3,(H2,18,19). The minimum atomic E-state index is -0.276. The molecule has 21 heavy (non-hydrogen) atoms. The highest BCUT2D eigenvalue weighted by Crippen LogP contribution is 2.23.